The van der Waals surface area contributed by atoms with E-state index in [1.54, 1.807) is 0 Å². The second-order valence-electron chi connectivity index (χ2n) is 16.1. The Morgan fingerprint density at radius 1 is 0.656 bits per heavy atom. The first kappa shape index (κ1) is 37.7. The number of benzene rings is 7. The summed E-state index contributed by atoms with van der Waals surface area (Å²) >= 11 is 0. The highest BCUT2D eigenvalue weighted by molar-refractivity contribution is 6.25. The number of nitrogens with one attached hydrogen (secondary N) is 1. The first-order chi connectivity index (χ1) is 30.0. The summed E-state index contributed by atoms with van der Waals surface area (Å²) in [4.78, 5) is 4.45. The van der Waals surface area contributed by atoms with Gasteiger partial charge in [0.25, 0.3) is 0 Å². The maximum absolute atomic E-state index is 7.11. The fourth-order valence-corrected chi connectivity index (χ4v) is 9.29. The van der Waals surface area contributed by atoms with E-state index in [4.69, 9.17) is 5.73 Å². The van der Waals surface area contributed by atoms with E-state index in [1.165, 1.54) is 60.3 Å². The summed E-state index contributed by atoms with van der Waals surface area (Å²) < 4.78 is 0. The Hall–Kier alpha value is -7.56. The average molecular weight is 789 g/mol. The van der Waals surface area contributed by atoms with Gasteiger partial charge in [0, 0.05) is 29.0 Å². The van der Waals surface area contributed by atoms with E-state index in [1.807, 2.05) is 12.3 Å². The molecule has 0 aromatic heterocycles. The highest BCUT2D eigenvalue weighted by Gasteiger charge is 2.26. The van der Waals surface area contributed by atoms with Gasteiger partial charge in [-0.05, 0) is 146 Å². The van der Waals surface area contributed by atoms with Crippen LogP contribution in [-0.2, 0) is 12.8 Å². The number of rotatable bonds is 7. The third kappa shape index (κ3) is 7.27. The van der Waals surface area contributed by atoms with Crippen LogP contribution in [0, 0.1) is 0 Å². The first-order valence-corrected chi connectivity index (χ1v) is 21.2. The zero-order chi connectivity index (χ0) is 41.3. The summed E-state index contributed by atoms with van der Waals surface area (Å²) in [5.74, 6) is 0.630. The second kappa shape index (κ2) is 16.2. The Balaban J connectivity index is 1.00. The average Bonchev–Trinajstić information content (AvgIpc) is 3.47. The maximum Gasteiger partial charge on any atom is 0.108 e. The van der Waals surface area contributed by atoms with E-state index in [0.29, 0.717) is 5.82 Å². The molecule has 4 heteroatoms. The normalized spacial score (nSPS) is 16.5. The van der Waals surface area contributed by atoms with Crippen LogP contribution in [0.15, 0.2) is 230 Å². The number of hydrogen-bond acceptors (Lipinski definition) is 4. The summed E-state index contributed by atoms with van der Waals surface area (Å²) in [7, 11) is 0. The molecule has 3 N–H and O–H groups in total. The van der Waals surface area contributed by atoms with Crippen LogP contribution < -0.4 is 20.9 Å². The van der Waals surface area contributed by atoms with Gasteiger partial charge >= 0.3 is 0 Å². The Morgan fingerprint density at radius 3 is 2.07 bits per heavy atom. The molecule has 0 atom stereocenters. The topological polar surface area (TPSA) is 44.5 Å². The summed E-state index contributed by atoms with van der Waals surface area (Å²) in [6.45, 7) is 9.05. The fourth-order valence-electron chi connectivity index (χ4n) is 9.29. The van der Waals surface area contributed by atoms with Gasteiger partial charge in [-0.1, -0.05) is 147 Å². The lowest BCUT2D eigenvalue weighted by Gasteiger charge is -2.32. The van der Waals surface area contributed by atoms with Crippen molar-refractivity contribution in [3.05, 3.63) is 252 Å². The van der Waals surface area contributed by atoms with Gasteiger partial charge < -0.3 is 16.0 Å². The van der Waals surface area contributed by atoms with Gasteiger partial charge in [0.1, 0.15) is 5.82 Å². The molecular weight excluding hydrogens is 741 g/mol. The van der Waals surface area contributed by atoms with Crippen molar-refractivity contribution in [2.24, 2.45) is 5.73 Å². The molecule has 3 aliphatic rings. The standard InChI is InChI=1S/C57H48N4/c1-39-15-9-10-20-46-35-43(27-31-55(46)61(39)57(58)37-45(42-18-7-4-8-19-42)26-25-41-16-5-3-6-17-41)44-28-32-56-54(36-44)59-34-33-40(2)60(56)47-29-30-52-50-23-12-11-21-48(50)49-22-13-14-24-51(49)53(52)38-47/h3-9,11-19,21-24,26-27,29-31,33-38,59H,1-2,10,20,25,28,32,58H2/b15-9-,45-26+,57-37+. The van der Waals surface area contributed by atoms with Crippen LogP contribution in [-0.4, -0.2) is 0 Å². The van der Waals surface area contributed by atoms with Crippen molar-refractivity contribution in [2.45, 2.75) is 32.1 Å². The van der Waals surface area contributed by atoms with E-state index in [-0.39, 0.29) is 0 Å². The summed E-state index contributed by atoms with van der Waals surface area (Å²) in [6, 6.07) is 52.3. The monoisotopic (exact) mass is 788 g/mol. The lowest BCUT2D eigenvalue weighted by atomic mass is 9.90. The molecule has 0 radical (unpaired) electrons. The number of nitrogens with zero attached hydrogens (tertiary/aromatic N) is 2. The largest absolute Gasteiger partial charge is 0.385 e. The first-order valence-electron chi connectivity index (χ1n) is 21.2. The SMILES string of the molecule is C=C1C=CNC2=C(CCC(c3ccc4c(c3)CC/C=C\C(=C)N4/C(N)=C/C(=C\Cc3ccccc3)c3ccccc3)=C2)N1c1ccc2c3ccccc3c3ccccc3c2c1. The minimum absolute atomic E-state index is 0.630. The molecule has 61 heavy (non-hydrogen) atoms. The second-order valence-corrected chi connectivity index (χ2v) is 16.1. The molecule has 0 amide bonds. The lowest BCUT2D eigenvalue weighted by molar-refractivity contribution is 0.874. The molecule has 7 aromatic carbocycles. The minimum Gasteiger partial charge on any atom is -0.385 e. The van der Waals surface area contributed by atoms with Crippen molar-refractivity contribution in [3.8, 4) is 0 Å². The molecule has 10 rings (SSSR count). The maximum atomic E-state index is 7.11. The van der Waals surface area contributed by atoms with Crippen LogP contribution >= 0.6 is 0 Å². The van der Waals surface area contributed by atoms with Gasteiger partial charge in [0.15, 0.2) is 0 Å². The van der Waals surface area contributed by atoms with Gasteiger partial charge in [0.2, 0.25) is 0 Å². The molecule has 2 aliphatic heterocycles. The summed E-state index contributed by atoms with van der Waals surface area (Å²) in [6.07, 6.45) is 19.5. The van der Waals surface area contributed by atoms with E-state index < -0.39 is 0 Å². The van der Waals surface area contributed by atoms with E-state index in [2.05, 4.69) is 204 Å². The van der Waals surface area contributed by atoms with E-state index in [9.17, 15) is 0 Å². The molecule has 2 heterocycles. The van der Waals surface area contributed by atoms with Crippen molar-refractivity contribution in [2.75, 3.05) is 9.80 Å². The van der Waals surface area contributed by atoms with Crippen molar-refractivity contribution >= 4 is 54.8 Å². The Kier molecular flexibility index (Phi) is 10.0. The molecule has 1 aliphatic carbocycles. The van der Waals surface area contributed by atoms with Gasteiger partial charge in [0.05, 0.1) is 11.4 Å². The van der Waals surface area contributed by atoms with E-state index >= 15 is 0 Å². The van der Waals surface area contributed by atoms with Crippen LogP contribution in [0.3, 0.4) is 0 Å². The third-order valence-corrected chi connectivity index (χ3v) is 12.3. The number of nitrogens with two attached hydrogens (primary N) is 1. The Labute approximate surface area is 358 Å². The van der Waals surface area contributed by atoms with Gasteiger partial charge in [-0.15, -0.1) is 0 Å². The van der Waals surface area contributed by atoms with Crippen molar-refractivity contribution < 1.29 is 0 Å². The minimum atomic E-state index is 0.630. The van der Waals surface area contributed by atoms with Crippen molar-refractivity contribution in [1.29, 1.82) is 0 Å². The van der Waals surface area contributed by atoms with E-state index in [0.717, 1.165) is 71.7 Å². The number of anilines is 2. The molecule has 0 saturated carbocycles. The van der Waals surface area contributed by atoms with Crippen LogP contribution in [0.2, 0.25) is 0 Å². The fraction of sp³-hybridized carbons (Fsp3) is 0.0877. The Bertz CT molecular complexity index is 3030. The molecule has 0 unspecified atom stereocenters. The van der Waals surface area contributed by atoms with Crippen LogP contribution in [0.1, 0.15) is 41.5 Å². The molecule has 0 fully saturated rings. The highest BCUT2D eigenvalue weighted by atomic mass is 15.2. The quantitative estimate of drug-likeness (QED) is 0.125. The third-order valence-electron chi connectivity index (χ3n) is 12.3. The predicted octanol–water partition coefficient (Wildman–Crippen LogP) is 13.6. The van der Waals surface area contributed by atoms with Crippen LogP contribution in [0.25, 0.3) is 43.5 Å². The van der Waals surface area contributed by atoms with Crippen LogP contribution in [0.5, 0.6) is 0 Å². The molecule has 0 spiro atoms. The van der Waals surface area contributed by atoms with Gasteiger partial charge in [-0.25, -0.2) is 0 Å². The van der Waals surface area contributed by atoms with Gasteiger partial charge in [-0.3, -0.25) is 4.90 Å². The number of allylic oxidation sites excluding steroid dienone is 9. The van der Waals surface area contributed by atoms with Crippen molar-refractivity contribution in [3.63, 3.8) is 0 Å². The lowest BCUT2D eigenvalue weighted by Crippen LogP contribution is -2.27. The van der Waals surface area contributed by atoms with Crippen molar-refractivity contribution in [1.82, 2.24) is 5.32 Å². The zero-order valence-electron chi connectivity index (χ0n) is 34.3. The predicted molar refractivity (Wildman–Crippen MR) is 259 cm³/mol. The smallest absolute Gasteiger partial charge is 0.108 e. The molecular formula is C57H48N4. The number of hydrogen-bond donors (Lipinski definition) is 2. The molecule has 296 valence electrons. The number of fused-ring (bicyclic) bond motifs is 7. The zero-order valence-corrected chi connectivity index (χ0v) is 34.3. The molecule has 4 nitrogen and oxygen atoms in total. The summed E-state index contributed by atoms with van der Waals surface area (Å²) in [5, 5.41) is 11.2. The van der Waals surface area contributed by atoms with Crippen LogP contribution in [0.4, 0.5) is 11.4 Å². The highest BCUT2D eigenvalue weighted by Crippen LogP contribution is 2.42. The summed E-state index contributed by atoms with van der Waals surface area (Å²) in [5.41, 5.74) is 20.6. The molecule has 7 aromatic rings. The number of aryl methyl sites for hydroxylation is 1. The van der Waals surface area contributed by atoms with Gasteiger partial charge in [-0.2, -0.15) is 0 Å². The molecule has 0 saturated heterocycles. The Morgan fingerprint density at radius 2 is 1.33 bits per heavy atom. The molecule has 0 bridgehead atoms.